The van der Waals surface area contributed by atoms with Gasteiger partial charge in [0.05, 0.1) is 18.2 Å². The van der Waals surface area contributed by atoms with E-state index >= 15 is 0 Å². The molecule has 0 spiro atoms. The van der Waals surface area contributed by atoms with Gasteiger partial charge in [-0.3, -0.25) is 4.79 Å². The van der Waals surface area contributed by atoms with Crippen LogP contribution in [0.25, 0.3) is 0 Å². The van der Waals surface area contributed by atoms with Gasteiger partial charge in [-0.2, -0.15) is 0 Å². The van der Waals surface area contributed by atoms with Crippen LogP contribution in [-0.4, -0.2) is 46.1 Å². The van der Waals surface area contributed by atoms with Gasteiger partial charge in [0.25, 0.3) is 5.91 Å². The van der Waals surface area contributed by atoms with Crippen LogP contribution in [-0.2, 0) is 4.74 Å². The Kier molecular flexibility index (Phi) is 4.76. The van der Waals surface area contributed by atoms with E-state index in [4.69, 9.17) is 9.84 Å². The molecule has 0 aliphatic carbocycles. The molecule has 2 aromatic rings. The number of aromatic nitrogens is 1. The van der Waals surface area contributed by atoms with Crippen LogP contribution in [0.2, 0.25) is 0 Å². The summed E-state index contributed by atoms with van der Waals surface area (Å²) in [5.74, 6) is -1.72. The van der Waals surface area contributed by atoms with E-state index in [1.54, 1.807) is 17.0 Å². The summed E-state index contributed by atoms with van der Waals surface area (Å²) in [5, 5.41) is 8.88. The normalized spacial score (nSPS) is 20.3. The zero-order valence-corrected chi connectivity index (χ0v) is 13.6. The number of ether oxygens (including phenoxy) is 1. The number of hydrogen-bond donors (Lipinski definition) is 1. The summed E-state index contributed by atoms with van der Waals surface area (Å²) in [6.07, 6.45) is 0.734. The summed E-state index contributed by atoms with van der Waals surface area (Å²) in [6, 6.07) is 8.76. The molecule has 1 aromatic heterocycles. The maximum absolute atomic E-state index is 13.1. The van der Waals surface area contributed by atoms with E-state index in [1.165, 1.54) is 30.5 Å². The number of carboxylic acid groups (broad SMARTS) is 1. The third-order valence-electron chi connectivity index (χ3n) is 4.02. The van der Waals surface area contributed by atoms with Gasteiger partial charge in [0.15, 0.2) is 0 Å². The lowest BCUT2D eigenvalue weighted by atomic mass is 10.1. The monoisotopic (exact) mass is 344 g/mol. The molecule has 25 heavy (non-hydrogen) atoms. The Hall–Kier alpha value is -2.80. The first-order valence-electron chi connectivity index (χ1n) is 7.83. The number of hydrogen-bond acceptors (Lipinski definition) is 4. The largest absolute Gasteiger partial charge is 0.477 e. The number of benzene rings is 1. The van der Waals surface area contributed by atoms with Crippen LogP contribution in [0.1, 0.15) is 39.4 Å². The molecule has 7 heteroatoms. The molecular weight excluding hydrogens is 327 g/mol. The number of rotatable bonds is 3. The summed E-state index contributed by atoms with van der Waals surface area (Å²) in [7, 11) is 0. The standard InChI is InChI=1S/C18H17FN2O4/c1-11-9-21(10-16(25-11)12-2-5-14(19)6-3-12)17(22)13-4-7-15(18(23)24)20-8-13/h2-8,11,16H,9-10H2,1H3,(H,23,24). The van der Waals surface area contributed by atoms with E-state index in [1.807, 2.05) is 6.92 Å². The molecule has 2 heterocycles. The fourth-order valence-corrected chi connectivity index (χ4v) is 2.81. The Bertz CT molecular complexity index is 777. The number of carboxylic acids is 1. The average molecular weight is 344 g/mol. The van der Waals surface area contributed by atoms with Crippen molar-refractivity contribution in [2.24, 2.45) is 0 Å². The number of pyridine rings is 1. The van der Waals surface area contributed by atoms with Crippen LogP contribution in [0.5, 0.6) is 0 Å². The summed E-state index contributed by atoms with van der Waals surface area (Å²) in [4.78, 5) is 28.9. The second kappa shape index (κ2) is 6.98. The fraction of sp³-hybridized carbons (Fsp3) is 0.278. The predicted octanol–water partition coefficient (Wildman–Crippen LogP) is 2.52. The van der Waals surface area contributed by atoms with E-state index in [0.717, 1.165) is 5.56 Å². The summed E-state index contributed by atoms with van der Waals surface area (Å²) in [6.45, 7) is 2.61. The Labute approximate surface area is 143 Å². The Morgan fingerprint density at radius 2 is 1.92 bits per heavy atom. The maximum atomic E-state index is 13.1. The first kappa shape index (κ1) is 17.0. The summed E-state index contributed by atoms with van der Waals surface area (Å²) >= 11 is 0. The van der Waals surface area contributed by atoms with E-state index in [-0.39, 0.29) is 29.6 Å². The Morgan fingerprint density at radius 1 is 1.20 bits per heavy atom. The van der Waals surface area contributed by atoms with Gasteiger partial charge in [-0.25, -0.2) is 14.2 Å². The van der Waals surface area contributed by atoms with Gasteiger partial charge in [-0.15, -0.1) is 0 Å². The minimum Gasteiger partial charge on any atom is -0.477 e. The molecular formula is C18H17FN2O4. The number of carbonyl (C=O) groups is 2. The topological polar surface area (TPSA) is 79.7 Å². The molecule has 0 saturated carbocycles. The van der Waals surface area contributed by atoms with Gasteiger partial charge in [0, 0.05) is 12.7 Å². The van der Waals surface area contributed by atoms with Gasteiger partial charge < -0.3 is 14.7 Å². The van der Waals surface area contributed by atoms with E-state index in [0.29, 0.717) is 18.7 Å². The van der Waals surface area contributed by atoms with E-state index in [2.05, 4.69) is 4.98 Å². The second-order valence-corrected chi connectivity index (χ2v) is 5.93. The first-order chi connectivity index (χ1) is 11.9. The first-order valence-corrected chi connectivity index (χ1v) is 7.83. The smallest absolute Gasteiger partial charge is 0.354 e. The Morgan fingerprint density at radius 3 is 2.52 bits per heavy atom. The maximum Gasteiger partial charge on any atom is 0.354 e. The third-order valence-corrected chi connectivity index (χ3v) is 4.02. The number of amides is 1. The molecule has 1 fully saturated rings. The molecule has 6 nitrogen and oxygen atoms in total. The molecule has 2 atom stereocenters. The zero-order valence-electron chi connectivity index (χ0n) is 13.6. The number of aromatic carboxylic acids is 1. The van der Waals surface area contributed by atoms with Gasteiger partial charge in [0.1, 0.15) is 17.6 Å². The highest BCUT2D eigenvalue weighted by molar-refractivity contribution is 5.95. The lowest BCUT2D eigenvalue weighted by molar-refractivity contribution is -0.0692. The highest BCUT2D eigenvalue weighted by Crippen LogP contribution is 2.26. The van der Waals surface area contributed by atoms with E-state index in [9.17, 15) is 14.0 Å². The lowest BCUT2D eigenvalue weighted by Gasteiger charge is -2.37. The van der Waals surface area contributed by atoms with Crippen LogP contribution in [0.15, 0.2) is 42.6 Å². The number of halogens is 1. The molecule has 2 unspecified atom stereocenters. The van der Waals surface area contributed by atoms with Gasteiger partial charge in [0.2, 0.25) is 0 Å². The molecule has 1 aromatic carbocycles. The molecule has 0 radical (unpaired) electrons. The molecule has 3 rings (SSSR count). The quantitative estimate of drug-likeness (QED) is 0.925. The van der Waals surface area contributed by atoms with Crippen molar-refractivity contribution in [1.82, 2.24) is 9.88 Å². The van der Waals surface area contributed by atoms with Crippen LogP contribution >= 0.6 is 0 Å². The molecule has 1 amide bonds. The molecule has 130 valence electrons. The minimum atomic E-state index is -1.14. The Balaban J connectivity index is 1.77. The SMILES string of the molecule is CC1CN(C(=O)c2ccc(C(=O)O)nc2)CC(c2ccc(F)cc2)O1. The second-order valence-electron chi connectivity index (χ2n) is 5.93. The zero-order chi connectivity index (χ0) is 18.0. The van der Waals surface area contributed by atoms with Crippen molar-refractivity contribution in [3.05, 3.63) is 65.2 Å². The highest BCUT2D eigenvalue weighted by Gasteiger charge is 2.30. The number of carbonyl (C=O) groups excluding carboxylic acids is 1. The number of nitrogens with zero attached hydrogens (tertiary/aromatic N) is 2. The van der Waals surface area contributed by atoms with Crippen LogP contribution < -0.4 is 0 Å². The van der Waals surface area contributed by atoms with Crippen molar-refractivity contribution < 1.29 is 23.8 Å². The van der Waals surface area contributed by atoms with Gasteiger partial charge >= 0.3 is 5.97 Å². The van der Waals surface area contributed by atoms with E-state index < -0.39 is 5.97 Å². The molecule has 1 N–H and O–H groups in total. The molecule has 0 bridgehead atoms. The summed E-state index contributed by atoms with van der Waals surface area (Å²) < 4.78 is 19.0. The summed E-state index contributed by atoms with van der Waals surface area (Å²) in [5.41, 5.74) is 0.998. The van der Waals surface area contributed by atoms with Crippen LogP contribution in [0, 0.1) is 5.82 Å². The van der Waals surface area contributed by atoms with Crippen molar-refractivity contribution in [3.63, 3.8) is 0 Å². The van der Waals surface area contributed by atoms with Crippen LogP contribution in [0.4, 0.5) is 4.39 Å². The minimum absolute atomic E-state index is 0.115. The van der Waals surface area contributed by atoms with Crippen molar-refractivity contribution in [1.29, 1.82) is 0 Å². The highest BCUT2D eigenvalue weighted by atomic mass is 19.1. The lowest BCUT2D eigenvalue weighted by Crippen LogP contribution is -2.46. The third kappa shape index (κ3) is 3.83. The van der Waals surface area contributed by atoms with Gasteiger partial charge in [-0.05, 0) is 36.8 Å². The average Bonchev–Trinajstić information content (AvgIpc) is 2.61. The van der Waals surface area contributed by atoms with Crippen molar-refractivity contribution in [3.8, 4) is 0 Å². The van der Waals surface area contributed by atoms with Crippen LogP contribution in [0.3, 0.4) is 0 Å². The molecule has 1 aliphatic heterocycles. The molecule has 1 saturated heterocycles. The predicted molar refractivity (Wildman–Crippen MR) is 86.8 cm³/mol. The van der Waals surface area contributed by atoms with Gasteiger partial charge in [-0.1, -0.05) is 12.1 Å². The fourth-order valence-electron chi connectivity index (χ4n) is 2.81. The molecule has 1 aliphatic rings. The number of morpholine rings is 1. The van der Waals surface area contributed by atoms with Crippen molar-refractivity contribution in [2.75, 3.05) is 13.1 Å². The van der Waals surface area contributed by atoms with Crippen molar-refractivity contribution >= 4 is 11.9 Å². The van der Waals surface area contributed by atoms with Crippen molar-refractivity contribution in [2.45, 2.75) is 19.1 Å².